The molecule has 3 nitrogen and oxygen atoms in total. The Balaban J connectivity index is 2.15. The van der Waals surface area contributed by atoms with E-state index in [1.165, 1.54) is 6.07 Å². The lowest BCUT2D eigenvalue weighted by Gasteiger charge is -2.07. The van der Waals surface area contributed by atoms with Gasteiger partial charge in [0.25, 0.3) is 5.91 Å². The molecule has 0 saturated carbocycles. The molecule has 0 aliphatic heterocycles. The number of hydrogen-bond acceptors (Lipinski definition) is 3. The summed E-state index contributed by atoms with van der Waals surface area (Å²) in [5, 5.41) is 12.2. The van der Waals surface area contributed by atoms with E-state index in [9.17, 15) is 14.3 Å². The average Bonchev–Trinajstić information content (AvgIpc) is 2.39. The van der Waals surface area contributed by atoms with Gasteiger partial charge < -0.3 is 10.4 Å². The minimum Gasteiger partial charge on any atom is -0.507 e. The van der Waals surface area contributed by atoms with Gasteiger partial charge in [-0.2, -0.15) is 0 Å². The molecule has 98 valence electrons. The molecule has 2 aromatic rings. The highest BCUT2D eigenvalue weighted by atomic mass is 32.2. The fourth-order valence-electron chi connectivity index (χ4n) is 1.57. The molecule has 0 atom stereocenters. The summed E-state index contributed by atoms with van der Waals surface area (Å²) in [6.45, 7) is 0. The first-order valence-electron chi connectivity index (χ1n) is 5.54. The van der Waals surface area contributed by atoms with Crippen LogP contribution in [0.4, 0.5) is 10.1 Å². The normalized spacial score (nSPS) is 10.2. The largest absolute Gasteiger partial charge is 0.507 e. The van der Waals surface area contributed by atoms with Crippen LogP contribution in [0, 0.1) is 5.82 Å². The minimum absolute atomic E-state index is 0.0374. The fourth-order valence-corrected chi connectivity index (χ4v) is 1.98. The van der Waals surface area contributed by atoms with Gasteiger partial charge >= 0.3 is 0 Å². The maximum Gasteiger partial charge on any atom is 0.259 e. The third-order valence-corrected chi connectivity index (χ3v) is 3.30. The van der Waals surface area contributed by atoms with Gasteiger partial charge in [-0.15, -0.1) is 11.8 Å². The number of amides is 1. The van der Waals surface area contributed by atoms with Gasteiger partial charge in [-0.25, -0.2) is 4.39 Å². The number of phenols is 1. The SMILES string of the molecule is CSc1ccc(NC(=O)c2ccc(F)cc2O)cc1. The monoisotopic (exact) mass is 277 g/mol. The van der Waals surface area contributed by atoms with Crippen LogP contribution in [0.5, 0.6) is 5.75 Å². The van der Waals surface area contributed by atoms with E-state index >= 15 is 0 Å². The van der Waals surface area contributed by atoms with E-state index in [-0.39, 0.29) is 11.3 Å². The molecule has 0 heterocycles. The van der Waals surface area contributed by atoms with Crippen LogP contribution in [0.1, 0.15) is 10.4 Å². The van der Waals surface area contributed by atoms with Crippen molar-refractivity contribution in [2.75, 3.05) is 11.6 Å². The molecule has 0 unspecified atom stereocenters. The number of anilines is 1. The molecule has 0 aromatic heterocycles. The van der Waals surface area contributed by atoms with Crippen LogP contribution < -0.4 is 5.32 Å². The fraction of sp³-hybridized carbons (Fsp3) is 0.0714. The van der Waals surface area contributed by atoms with E-state index in [1.807, 2.05) is 18.4 Å². The molecule has 0 aliphatic rings. The number of rotatable bonds is 3. The van der Waals surface area contributed by atoms with Crippen molar-refractivity contribution in [2.24, 2.45) is 0 Å². The smallest absolute Gasteiger partial charge is 0.259 e. The highest BCUT2D eigenvalue weighted by Gasteiger charge is 2.11. The summed E-state index contributed by atoms with van der Waals surface area (Å²) >= 11 is 1.60. The van der Waals surface area contributed by atoms with Gasteiger partial charge in [0.1, 0.15) is 11.6 Å². The Bertz CT molecular complexity index is 599. The lowest BCUT2D eigenvalue weighted by molar-refractivity contribution is 0.102. The van der Waals surface area contributed by atoms with Crippen molar-refractivity contribution in [3.63, 3.8) is 0 Å². The van der Waals surface area contributed by atoms with Gasteiger partial charge in [0.05, 0.1) is 5.56 Å². The number of phenolic OH excluding ortho intramolecular Hbond substituents is 1. The minimum atomic E-state index is -0.585. The lowest BCUT2D eigenvalue weighted by Crippen LogP contribution is -2.12. The highest BCUT2D eigenvalue weighted by molar-refractivity contribution is 7.98. The second kappa shape index (κ2) is 5.75. The van der Waals surface area contributed by atoms with Crippen LogP contribution in [0.15, 0.2) is 47.4 Å². The van der Waals surface area contributed by atoms with E-state index in [4.69, 9.17) is 0 Å². The highest BCUT2D eigenvalue weighted by Crippen LogP contribution is 2.21. The van der Waals surface area contributed by atoms with Gasteiger partial charge in [0.2, 0.25) is 0 Å². The Morgan fingerprint density at radius 2 is 1.89 bits per heavy atom. The summed E-state index contributed by atoms with van der Waals surface area (Å²) < 4.78 is 12.8. The Kier molecular flexibility index (Phi) is 4.06. The molecule has 0 saturated heterocycles. The number of carbonyl (C=O) groups is 1. The van der Waals surface area contributed by atoms with Crippen LogP contribution in [-0.2, 0) is 0 Å². The Morgan fingerprint density at radius 1 is 1.21 bits per heavy atom. The Hall–Kier alpha value is -2.01. The van der Waals surface area contributed by atoms with Crippen molar-refractivity contribution in [1.82, 2.24) is 0 Å². The molecule has 5 heteroatoms. The molecule has 2 aromatic carbocycles. The van der Waals surface area contributed by atoms with Crippen LogP contribution >= 0.6 is 11.8 Å². The molecule has 0 aliphatic carbocycles. The number of carbonyl (C=O) groups excluding carboxylic acids is 1. The summed E-state index contributed by atoms with van der Waals surface area (Å²) in [6, 6.07) is 10.6. The molecule has 2 rings (SSSR count). The van der Waals surface area contributed by atoms with Crippen molar-refractivity contribution in [3.05, 3.63) is 53.8 Å². The molecular formula is C14H12FNO2S. The maximum absolute atomic E-state index is 12.8. The molecule has 0 fully saturated rings. The van der Waals surface area contributed by atoms with E-state index < -0.39 is 11.7 Å². The number of aromatic hydroxyl groups is 1. The molecule has 1 amide bonds. The first-order valence-corrected chi connectivity index (χ1v) is 6.76. The van der Waals surface area contributed by atoms with E-state index in [1.54, 1.807) is 23.9 Å². The summed E-state index contributed by atoms with van der Waals surface area (Å²) in [6.07, 6.45) is 1.96. The van der Waals surface area contributed by atoms with E-state index in [0.717, 1.165) is 17.0 Å². The van der Waals surface area contributed by atoms with Crippen LogP contribution in [-0.4, -0.2) is 17.3 Å². The zero-order valence-electron chi connectivity index (χ0n) is 10.2. The molecular weight excluding hydrogens is 265 g/mol. The molecule has 0 spiro atoms. The number of thioether (sulfide) groups is 1. The van der Waals surface area contributed by atoms with Gasteiger partial charge in [0, 0.05) is 16.6 Å². The Morgan fingerprint density at radius 3 is 2.47 bits per heavy atom. The zero-order valence-corrected chi connectivity index (χ0v) is 11.0. The topological polar surface area (TPSA) is 49.3 Å². The average molecular weight is 277 g/mol. The van der Waals surface area contributed by atoms with Crippen molar-refractivity contribution in [1.29, 1.82) is 0 Å². The second-order valence-electron chi connectivity index (χ2n) is 3.84. The predicted octanol–water partition coefficient (Wildman–Crippen LogP) is 3.51. The summed E-state index contributed by atoms with van der Waals surface area (Å²) in [7, 11) is 0. The number of nitrogens with one attached hydrogen (secondary N) is 1. The van der Waals surface area contributed by atoms with Gasteiger partial charge in [0.15, 0.2) is 0 Å². The lowest BCUT2D eigenvalue weighted by atomic mass is 10.2. The van der Waals surface area contributed by atoms with Crippen LogP contribution in [0.2, 0.25) is 0 Å². The number of benzene rings is 2. The standard InChI is InChI=1S/C14H12FNO2S/c1-19-11-5-3-10(4-6-11)16-14(18)12-7-2-9(15)8-13(12)17/h2-8,17H,1H3,(H,16,18). The van der Waals surface area contributed by atoms with Gasteiger partial charge in [-0.1, -0.05) is 0 Å². The van der Waals surface area contributed by atoms with Crippen molar-refractivity contribution in [2.45, 2.75) is 4.90 Å². The number of hydrogen-bond donors (Lipinski definition) is 2. The van der Waals surface area contributed by atoms with E-state index in [2.05, 4.69) is 5.32 Å². The molecule has 0 radical (unpaired) electrons. The second-order valence-corrected chi connectivity index (χ2v) is 4.72. The molecule has 0 bridgehead atoms. The third-order valence-electron chi connectivity index (χ3n) is 2.55. The summed E-state index contributed by atoms with van der Waals surface area (Å²) in [4.78, 5) is 13.0. The number of halogens is 1. The quantitative estimate of drug-likeness (QED) is 0.844. The zero-order chi connectivity index (χ0) is 13.8. The van der Waals surface area contributed by atoms with Crippen molar-refractivity contribution >= 4 is 23.4 Å². The maximum atomic E-state index is 12.8. The third kappa shape index (κ3) is 3.26. The first kappa shape index (κ1) is 13.4. The predicted molar refractivity (Wildman–Crippen MR) is 74.2 cm³/mol. The Labute approximate surface area is 114 Å². The van der Waals surface area contributed by atoms with Crippen LogP contribution in [0.3, 0.4) is 0 Å². The van der Waals surface area contributed by atoms with Crippen molar-refractivity contribution in [3.8, 4) is 5.75 Å². The molecule has 19 heavy (non-hydrogen) atoms. The van der Waals surface area contributed by atoms with Crippen molar-refractivity contribution < 1.29 is 14.3 Å². The van der Waals surface area contributed by atoms with Gasteiger partial charge in [-0.3, -0.25) is 4.79 Å². The summed E-state index contributed by atoms with van der Waals surface area (Å²) in [5.74, 6) is -1.44. The van der Waals surface area contributed by atoms with Crippen LogP contribution in [0.25, 0.3) is 0 Å². The molecule has 2 N–H and O–H groups in total. The van der Waals surface area contributed by atoms with E-state index in [0.29, 0.717) is 5.69 Å². The van der Waals surface area contributed by atoms with Gasteiger partial charge in [-0.05, 0) is 42.7 Å². The first-order chi connectivity index (χ1) is 9.10. The summed E-state index contributed by atoms with van der Waals surface area (Å²) in [5.41, 5.74) is 0.655.